The van der Waals surface area contributed by atoms with Crippen LogP contribution in [0.15, 0.2) is 4.99 Å². The number of hydrogen-bond donors (Lipinski definition) is 1. The molecule has 3 amide bonds. The SMILES string of the molecule is CCN(C)C(=NC(=O)OC)N(C)C(=O)NC1CCCCC1. The lowest BCUT2D eigenvalue weighted by atomic mass is 9.96. The molecule has 1 aliphatic carbocycles. The van der Waals surface area contributed by atoms with Gasteiger partial charge in [0.1, 0.15) is 0 Å². The number of carbonyl (C=O) groups excluding carboxylic acids is 2. The average molecular weight is 298 g/mol. The third kappa shape index (κ3) is 5.24. The zero-order valence-electron chi connectivity index (χ0n) is 13.4. The molecule has 120 valence electrons. The number of methoxy groups -OCH3 is 1. The van der Waals surface area contributed by atoms with Crippen LogP contribution in [-0.2, 0) is 4.74 Å². The number of aliphatic imine (C=N–C) groups is 1. The zero-order valence-corrected chi connectivity index (χ0v) is 13.4. The first-order valence-electron chi connectivity index (χ1n) is 7.41. The van der Waals surface area contributed by atoms with E-state index < -0.39 is 6.09 Å². The molecule has 0 spiro atoms. The summed E-state index contributed by atoms with van der Waals surface area (Å²) in [5, 5.41) is 3.00. The van der Waals surface area contributed by atoms with Crippen molar-refractivity contribution < 1.29 is 14.3 Å². The van der Waals surface area contributed by atoms with Crippen LogP contribution in [0.1, 0.15) is 39.0 Å². The maximum Gasteiger partial charge on any atom is 0.436 e. The van der Waals surface area contributed by atoms with Crippen LogP contribution in [0.2, 0.25) is 0 Å². The lowest BCUT2D eigenvalue weighted by Gasteiger charge is -2.29. The lowest BCUT2D eigenvalue weighted by molar-refractivity contribution is 0.181. The highest BCUT2D eigenvalue weighted by molar-refractivity contribution is 6.00. The molecule has 0 radical (unpaired) electrons. The summed E-state index contributed by atoms with van der Waals surface area (Å²) in [5.74, 6) is 0.276. The molecule has 21 heavy (non-hydrogen) atoms. The molecule has 1 aliphatic rings. The monoisotopic (exact) mass is 298 g/mol. The van der Waals surface area contributed by atoms with E-state index in [1.807, 2.05) is 6.92 Å². The Morgan fingerprint density at radius 1 is 1.24 bits per heavy atom. The van der Waals surface area contributed by atoms with Crippen molar-refractivity contribution in [2.24, 2.45) is 4.99 Å². The van der Waals surface area contributed by atoms with Crippen LogP contribution >= 0.6 is 0 Å². The smallest absolute Gasteiger partial charge is 0.436 e. The number of nitrogens with one attached hydrogen (secondary N) is 1. The van der Waals surface area contributed by atoms with Crippen LogP contribution in [0, 0.1) is 0 Å². The summed E-state index contributed by atoms with van der Waals surface area (Å²) in [6.07, 6.45) is 4.82. The molecular weight excluding hydrogens is 272 g/mol. The fraction of sp³-hybridized carbons (Fsp3) is 0.786. The molecule has 0 saturated heterocycles. The fourth-order valence-corrected chi connectivity index (χ4v) is 2.29. The second-order valence-electron chi connectivity index (χ2n) is 5.24. The molecular formula is C14H26N4O3. The number of carbonyl (C=O) groups is 2. The van der Waals surface area contributed by atoms with Crippen molar-refractivity contribution >= 4 is 18.1 Å². The third-order valence-electron chi connectivity index (χ3n) is 3.72. The summed E-state index contributed by atoms with van der Waals surface area (Å²) in [7, 11) is 4.63. The van der Waals surface area contributed by atoms with Gasteiger partial charge in [0.05, 0.1) is 7.11 Å². The Bertz CT molecular complexity index is 392. The van der Waals surface area contributed by atoms with Crippen LogP contribution in [0.4, 0.5) is 9.59 Å². The summed E-state index contributed by atoms with van der Waals surface area (Å²) in [4.78, 5) is 30.6. The Hall–Kier alpha value is -1.79. The molecule has 0 aromatic carbocycles. The molecule has 1 saturated carbocycles. The van der Waals surface area contributed by atoms with E-state index in [9.17, 15) is 9.59 Å². The summed E-state index contributed by atoms with van der Waals surface area (Å²) >= 11 is 0. The average Bonchev–Trinajstić information content (AvgIpc) is 2.51. The second kappa shape index (κ2) is 8.49. The van der Waals surface area contributed by atoms with Crippen molar-refractivity contribution in [3.05, 3.63) is 0 Å². The fourth-order valence-electron chi connectivity index (χ4n) is 2.29. The van der Waals surface area contributed by atoms with Crippen molar-refractivity contribution in [2.45, 2.75) is 45.1 Å². The summed E-state index contributed by atoms with van der Waals surface area (Å²) in [6, 6.07) is -0.0372. The number of amides is 3. The van der Waals surface area contributed by atoms with Gasteiger partial charge >= 0.3 is 12.1 Å². The number of rotatable bonds is 2. The summed E-state index contributed by atoms with van der Waals surface area (Å²) in [6.45, 7) is 2.54. The zero-order chi connectivity index (χ0) is 15.8. The van der Waals surface area contributed by atoms with Crippen molar-refractivity contribution in [1.29, 1.82) is 0 Å². The van der Waals surface area contributed by atoms with E-state index in [2.05, 4.69) is 15.0 Å². The van der Waals surface area contributed by atoms with Gasteiger partial charge in [0.25, 0.3) is 0 Å². The molecule has 7 heteroatoms. The Morgan fingerprint density at radius 3 is 2.38 bits per heavy atom. The maximum atomic E-state index is 12.3. The van der Waals surface area contributed by atoms with Crippen molar-refractivity contribution in [3.63, 3.8) is 0 Å². The van der Waals surface area contributed by atoms with Crippen LogP contribution in [0.5, 0.6) is 0 Å². The molecule has 1 N–H and O–H groups in total. The molecule has 0 aromatic rings. The van der Waals surface area contributed by atoms with E-state index in [0.717, 1.165) is 25.7 Å². The van der Waals surface area contributed by atoms with Crippen LogP contribution in [0.3, 0.4) is 0 Å². The quantitative estimate of drug-likeness (QED) is 0.625. The summed E-state index contributed by atoms with van der Waals surface area (Å²) in [5.41, 5.74) is 0. The van der Waals surface area contributed by atoms with Crippen LogP contribution < -0.4 is 5.32 Å². The number of ether oxygens (including phenoxy) is 1. The number of hydrogen-bond acceptors (Lipinski definition) is 3. The van der Waals surface area contributed by atoms with Crippen molar-refractivity contribution in [1.82, 2.24) is 15.1 Å². The van der Waals surface area contributed by atoms with Crippen LogP contribution in [0.25, 0.3) is 0 Å². The van der Waals surface area contributed by atoms with E-state index in [0.29, 0.717) is 6.54 Å². The van der Waals surface area contributed by atoms with E-state index >= 15 is 0 Å². The Balaban J connectivity index is 2.73. The highest BCUT2D eigenvalue weighted by Gasteiger charge is 2.23. The largest absolute Gasteiger partial charge is 0.451 e. The number of nitrogens with zero attached hydrogens (tertiary/aromatic N) is 3. The van der Waals surface area contributed by atoms with Gasteiger partial charge in [-0.05, 0) is 19.8 Å². The second-order valence-corrected chi connectivity index (χ2v) is 5.24. The minimum atomic E-state index is -0.720. The first-order chi connectivity index (χ1) is 9.99. The molecule has 0 unspecified atom stereocenters. The van der Waals surface area contributed by atoms with Gasteiger partial charge in [-0.3, -0.25) is 4.90 Å². The Kier molecular flexibility index (Phi) is 6.98. The van der Waals surface area contributed by atoms with Gasteiger partial charge in [-0.15, -0.1) is 4.99 Å². The molecule has 7 nitrogen and oxygen atoms in total. The van der Waals surface area contributed by atoms with Crippen LogP contribution in [-0.4, -0.2) is 61.7 Å². The standard InChI is InChI=1S/C14H26N4O3/c1-5-17(2)12(16-14(20)21-4)18(3)13(19)15-11-9-7-6-8-10-11/h11H,5-10H2,1-4H3,(H,15,19). The Morgan fingerprint density at radius 2 is 1.86 bits per heavy atom. The number of urea groups is 1. The van der Waals surface area contributed by atoms with Gasteiger partial charge in [-0.1, -0.05) is 19.3 Å². The van der Waals surface area contributed by atoms with E-state index in [1.165, 1.54) is 18.4 Å². The van der Waals surface area contributed by atoms with Crippen molar-refractivity contribution in [3.8, 4) is 0 Å². The predicted molar refractivity (Wildman–Crippen MR) is 81.3 cm³/mol. The highest BCUT2D eigenvalue weighted by Crippen LogP contribution is 2.17. The predicted octanol–water partition coefficient (Wildman–Crippen LogP) is 2.03. The molecule has 0 aromatic heterocycles. The minimum absolute atomic E-state index is 0.208. The van der Waals surface area contributed by atoms with Gasteiger partial charge in [-0.25, -0.2) is 9.59 Å². The highest BCUT2D eigenvalue weighted by atomic mass is 16.5. The van der Waals surface area contributed by atoms with Gasteiger partial charge < -0.3 is 15.0 Å². The van der Waals surface area contributed by atoms with Gasteiger partial charge in [0.2, 0.25) is 5.96 Å². The molecule has 0 heterocycles. The molecule has 0 atom stereocenters. The van der Waals surface area contributed by atoms with Crippen molar-refractivity contribution in [2.75, 3.05) is 27.7 Å². The van der Waals surface area contributed by atoms with Gasteiger partial charge in [0.15, 0.2) is 0 Å². The number of guanidine groups is 1. The first kappa shape index (κ1) is 17.3. The van der Waals surface area contributed by atoms with Gasteiger partial charge in [-0.2, -0.15) is 0 Å². The lowest BCUT2D eigenvalue weighted by Crippen LogP contribution is -2.50. The molecule has 1 fully saturated rings. The minimum Gasteiger partial charge on any atom is -0.451 e. The molecule has 1 rings (SSSR count). The maximum absolute atomic E-state index is 12.3. The van der Waals surface area contributed by atoms with E-state index in [4.69, 9.17) is 0 Å². The molecule has 0 bridgehead atoms. The van der Waals surface area contributed by atoms with E-state index in [1.54, 1.807) is 19.0 Å². The molecule has 0 aliphatic heterocycles. The summed E-state index contributed by atoms with van der Waals surface area (Å²) < 4.78 is 4.54. The Labute approximate surface area is 126 Å². The normalized spacial score (nSPS) is 16.3. The van der Waals surface area contributed by atoms with Gasteiger partial charge in [0, 0.05) is 26.7 Å². The topological polar surface area (TPSA) is 74.2 Å². The first-order valence-corrected chi connectivity index (χ1v) is 7.41. The van der Waals surface area contributed by atoms with E-state index in [-0.39, 0.29) is 18.0 Å². The third-order valence-corrected chi connectivity index (χ3v) is 3.72.